The summed E-state index contributed by atoms with van der Waals surface area (Å²) in [4.78, 5) is 14.2. The van der Waals surface area contributed by atoms with Crippen LogP contribution in [0, 0.1) is 6.92 Å². The molecule has 0 bridgehead atoms. The minimum atomic E-state index is -0.0100. The number of likely N-dealkylation sites (N-methyl/N-ethyl adjacent to an activating group) is 1. The third-order valence-corrected chi connectivity index (χ3v) is 3.67. The molecular weight excluding hydrogens is 319 g/mol. The molecule has 22 heavy (non-hydrogen) atoms. The Morgan fingerprint density at radius 2 is 1.82 bits per heavy atom. The van der Waals surface area contributed by atoms with E-state index < -0.39 is 0 Å². The second kappa shape index (κ2) is 7.52. The van der Waals surface area contributed by atoms with E-state index in [1.165, 1.54) is 0 Å². The van der Waals surface area contributed by atoms with E-state index in [2.05, 4.69) is 5.32 Å². The summed E-state index contributed by atoms with van der Waals surface area (Å²) in [6.07, 6.45) is 0. The number of benzene rings is 2. The van der Waals surface area contributed by atoms with E-state index in [0.717, 1.165) is 16.9 Å². The zero-order chi connectivity index (χ0) is 16.1. The highest BCUT2D eigenvalue weighted by Crippen LogP contribution is 2.22. The number of hydrogen-bond donors (Lipinski definition) is 1. The number of nitrogens with zero attached hydrogens (tertiary/aromatic N) is 1. The number of carbonyl (C=O) groups is 1. The number of carbonyl (C=O) groups excluding carboxylic acids is 1. The van der Waals surface area contributed by atoms with E-state index in [-0.39, 0.29) is 12.5 Å². The second-order valence-corrected chi connectivity index (χ2v) is 5.86. The van der Waals surface area contributed by atoms with E-state index in [1.807, 2.05) is 38.1 Å². The Labute approximate surface area is 140 Å². The SMILES string of the molecule is CCN(C(=O)CNc1cc(Cl)cc(Cl)c1)c1cccc(C)c1. The minimum Gasteiger partial charge on any atom is -0.376 e. The highest BCUT2D eigenvalue weighted by atomic mass is 35.5. The van der Waals surface area contributed by atoms with E-state index in [1.54, 1.807) is 23.1 Å². The molecule has 0 saturated heterocycles. The van der Waals surface area contributed by atoms with Gasteiger partial charge in [-0.25, -0.2) is 0 Å². The lowest BCUT2D eigenvalue weighted by atomic mass is 10.2. The van der Waals surface area contributed by atoms with Gasteiger partial charge in [-0.2, -0.15) is 0 Å². The van der Waals surface area contributed by atoms with Crippen molar-refractivity contribution in [2.24, 2.45) is 0 Å². The van der Waals surface area contributed by atoms with Crippen LogP contribution in [0.2, 0.25) is 10.0 Å². The van der Waals surface area contributed by atoms with E-state index in [0.29, 0.717) is 16.6 Å². The van der Waals surface area contributed by atoms with Crippen LogP contribution in [-0.2, 0) is 4.79 Å². The first-order chi connectivity index (χ1) is 10.5. The number of anilines is 2. The topological polar surface area (TPSA) is 32.3 Å². The van der Waals surface area contributed by atoms with Crippen molar-refractivity contribution >= 4 is 40.5 Å². The molecule has 0 aliphatic heterocycles. The van der Waals surface area contributed by atoms with Gasteiger partial charge in [0.1, 0.15) is 0 Å². The second-order valence-electron chi connectivity index (χ2n) is 4.99. The standard InChI is InChI=1S/C17H18Cl2N2O/c1-3-21(16-6-4-5-12(2)7-16)17(22)11-20-15-9-13(18)8-14(19)10-15/h4-10,20H,3,11H2,1-2H3. The molecule has 2 aromatic carbocycles. The number of aryl methyl sites for hydroxylation is 1. The van der Waals surface area contributed by atoms with Crippen LogP contribution in [0.3, 0.4) is 0 Å². The lowest BCUT2D eigenvalue weighted by molar-refractivity contribution is -0.116. The van der Waals surface area contributed by atoms with Gasteiger partial charge in [-0.3, -0.25) is 4.79 Å². The maximum Gasteiger partial charge on any atom is 0.246 e. The summed E-state index contributed by atoms with van der Waals surface area (Å²) in [5, 5.41) is 4.14. The van der Waals surface area contributed by atoms with Crippen LogP contribution in [0.1, 0.15) is 12.5 Å². The monoisotopic (exact) mass is 336 g/mol. The molecule has 1 N–H and O–H groups in total. The summed E-state index contributed by atoms with van der Waals surface area (Å²) < 4.78 is 0. The Morgan fingerprint density at radius 3 is 2.41 bits per heavy atom. The smallest absolute Gasteiger partial charge is 0.246 e. The molecule has 0 radical (unpaired) electrons. The zero-order valence-corrected chi connectivity index (χ0v) is 14.1. The number of hydrogen-bond acceptors (Lipinski definition) is 2. The van der Waals surface area contributed by atoms with Crippen molar-refractivity contribution in [3.63, 3.8) is 0 Å². The summed E-state index contributed by atoms with van der Waals surface area (Å²) >= 11 is 11.9. The first-order valence-corrected chi connectivity index (χ1v) is 7.82. The third-order valence-electron chi connectivity index (χ3n) is 3.24. The number of nitrogens with one attached hydrogen (secondary N) is 1. The Bertz CT molecular complexity index is 653. The van der Waals surface area contributed by atoms with Gasteiger partial charge in [0.25, 0.3) is 0 Å². The molecule has 5 heteroatoms. The van der Waals surface area contributed by atoms with Gasteiger partial charge in [-0.15, -0.1) is 0 Å². The molecule has 0 aliphatic rings. The normalized spacial score (nSPS) is 10.4. The van der Waals surface area contributed by atoms with Crippen molar-refractivity contribution in [1.29, 1.82) is 0 Å². The zero-order valence-electron chi connectivity index (χ0n) is 12.6. The summed E-state index contributed by atoms with van der Waals surface area (Å²) in [7, 11) is 0. The average molecular weight is 337 g/mol. The molecule has 0 atom stereocenters. The Morgan fingerprint density at radius 1 is 1.14 bits per heavy atom. The fourth-order valence-corrected chi connectivity index (χ4v) is 2.75. The molecule has 0 saturated carbocycles. The molecule has 0 heterocycles. The molecule has 1 amide bonds. The predicted molar refractivity (Wildman–Crippen MR) is 94.2 cm³/mol. The fraction of sp³-hybridized carbons (Fsp3) is 0.235. The van der Waals surface area contributed by atoms with Crippen LogP contribution in [0.4, 0.5) is 11.4 Å². The highest BCUT2D eigenvalue weighted by molar-refractivity contribution is 6.35. The van der Waals surface area contributed by atoms with E-state index in [4.69, 9.17) is 23.2 Å². The summed E-state index contributed by atoms with van der Waals surface area (Å²) in [5.74, 6) is -0.0100. The van der Waals surface area contributed by atoms with Crippen LogP contribution >= 0.6 is 23.2 Å². The molecule has 2 rings (SSSR count). The van der Waals surface area contributed by atoms with Crippen molar-refractivity contribution in [3.8, 4) is 0 Å². The predicted octanol–water partition coefficient (Wildman–Crippen LogP) is 4.77. The molecule has 0 aliphatic carbocycles. The van der Waals surface area contributed by atoms with Gasteiger partial charge in [0.15, 0.2) is 0 Å². The van der Waals surface area contributed by atoms with Crippen LogP contribution in [0.25, 0.3) is 0 Å². The summed E-state index contributed by atoms with van der Waals surface area (Å²) in [6, 6.07) is 13.0. The first kappa shape index (κ1) is 16.7. The van der Waals surface area contributed by atoms with Gasteiger partial charge in [-0.1, -0.05) is 35.3 Å². The summed E-state index contributed by atoms with van der Waals surface area (Å²) in [6.45, 7) is 4.75. The van der Waals surface area contributed by atoms with Gasteiger partial charge in [-0.05, 0) is 49.7 Å². The van der Waals surface area contributed by atoms with Crippen molar-refractivity contribution in [1.82, 2.24) is 0 Å². The van der Waals surface area contributed by atoms with Crippen molar-refractivity contribution in [2.45, 2.75) is 13.8 Å². The van der Waals surface area contributed by atoms with Crippen LogP contribution in [0.5, 0.6) is 0 Å². The van der Waals surface area contributed by atoms with E-state index in [9.17, 15) is 4.79 Å². The Kier molecular flexibility index (Phi) is 5.69. The fourth-order valence-electron chi connectivity index (χ4n) is 2.23. The number of rotatable bonds is 5. The molecule has 0 fully saturated rings. The average Bonchev–Trinajstić information content (AvgIpc) is 2.45. The molecule has 0 spiro atoms. The Balaban J connectivity index is 2.06. The molecule has 3 nitrogen and oxygen atoms in total. The quantitative estimate of drug-likeness (QED) is 0.853. The minimum absolute atomic E-state index is 0.0100. The van der Waals surface area contributed by atoms with Gasteiger partial charge in [0, 0.05) is 28.0 Å². The maximum absolute atomic E-state index is 12.4. The van der Waals surface area contributed by atoms with Crippen molar-refractivity contribution < 1.29 is 4.79 Å². The molecule has 2 aromatic rings. The largest absolute Gasteiger partial charge is 0.376 e. The van der Waals surface area contributed by atoms with Gasteiger partial charge >= 0.3 is 0 Å². The Hall–Kier alpha value is -1.71. The maximum atomic E-state index is 12.4. The van der Waals surface area contributed by atoms with Crippen LogP contribution in [-0.4, -0.2) is 19.0 Å². The lowest BCUT2D eigenvalue weighted by Crippen LogP contribution is -2.35. The highest BCUT2D eigenvalue weighted by Gasteiger charge is 2.13. The number of halogens is 2. The lowest BCUT2D eigenvalue weighted by Gasteiger charge is -2.22. The van der Waals surface area contributed by atoms with Crippen LogP contribution in [0.15, 0.2) is 42.5 Å². The third kappa shape index (κ3) is 4.39. The summed E-state index contributed by atoms with van der Waals surface area (Å²) in [5.41, 5.74) is 2.75. The van der Waals surface area contributed by atoms with Gasteiger partial charge in [0.2, 0.25) is 5.91 Å². The van der Waals surface area contributed by atoms with Crippen LogP contribution < -0.4 is 10.2 Å². The molecule has 0 aromatic heterocycles. The molecule has 0 unspecified atom stereocenters. The molecular formula is C17H18Cl2N2O. The molecule has 116 valence electrons. The van der Waals surface area contributed by atoms with Crippen molar-refractivity contribution in [3.05, 3.63) is 58.1 Å². The number of amides is 1. The first-order valence-electron chi connectivity index (χ1n) is 7.06. The van der Waals surface area contributed by atoms with E-state index >= 15 is 0 Å². The van der Waals surface area contributed by atoms with Gasteiger partial charge in [0.05, 0.1) is 6.54 Å². The van der Waals surface area contributed by atoms with Crippen molar-refractivity contribution in [2.75, 3.05) is 23.3 Å². The van der Waals surface area contributed by atoms with Gasteiger partial charge < -0.3 is 10.2 Å².